The summed E-state index contributed by atoms with van der Waals surface area (Å²) in [5.74, 6) is 1.38. The molecule has 1 unspecified atom stereocenters. The number of methoxy groups -OCH3 is 1. The zero-order valence-corrected chi connectivity index (χ0v) is 19.3. The minimum atomic E-state index is 0. The smallest absolute Gasteiger partial charge is 0.191 e. The standard InChI is InChI=1S/C18H30BrN3O2.HI/c1-4-15(12-16-6-5-7-17(19)13-16)14-22-18(20-2)21-8-9-24-11-10-23-3;/h5-7,13,15H,4,8-12,14H2,1-3H3,(H2,20,21,22);1H. The van der Waals surface area contributed by atoms with E-state index in [0.29, 0.717) is 25.7 Å². The molecule has 1 atom stereocenters. The van der Waals surface area contributed by atoms with Crippen molar-refractivity contribution in [1.82, 2.24) is 10.6 Å². The zero-order valence-electron chi connectivity index (χ0n) is 15.4. The van der Waals surface area contributed by atoms with Crippen LogP contribution in [0.5, 0.6) is 0 Å². The van der Waals surface area contributed by atoms with Crippen LogP contribution in [0.1, 0.15) is 18.9 Å². The summed E-state index contributed by atoms with van der Waals surface area (Å²) in [5, 5.41) is 6.67. The maximum Gasteiger partial charge on any atom is 0.191 e. The van der Waals surface area contributed by atoms with E-state index in [1.807, 2.05) is 0 Å². The normalized spacial score (nSPS) is 12.4. The van der Waals surface area contributed by atoms with E-state index in [1.54, 1.807) is 14.2 Å². The van der Waals surface area contributed by atoms with Crippen molar-refractivity contribution in [3.8, 4) is 0 Å². The van der Waals surface area contributed by atoms with Crippen LogP contribution in [0.3, 0.4) is 0 Å². The second-order valence-electron chi connectivity index (χ2n) is 5.59. The maximum absolute atomic E-state index is 5.43. The number of nitrogens with zero attached hydrogens (tertiary/aromatic N) is 1. The van der Waals surface area contributed by atoms with E-state index in [0.717, 1.165) is 36.4 Å². The van der Waals surface area contributed by atoms with Gasteiger partial charge in [0.1, 0.15) is 0 Å². The van der Waals surface area contributed by atoms with Gasteiger partial charge in [-0.1, -0.05) is 41.4 Å². The minimum absolute atomic E-state index is 0. The second kappa shape index (κ2) is 15.8. The molecule has 25 heavy (non-hydrogen) atoms. The van der Waals surface area contributed by atoms with E-state index in [9.17, 15) is 0 Å². The van der Waals surface area contributed by atoms with Crippen molar-refractivity contribution in [2.75, 3.05) is 47.1 Å². The number of hydrogen-bond acceptors (Lipinski definition) is 3. The average Bonchev–Trinajstić information content (AvgIpc) is 2.59. The predicted octanol–water partition coefficient (Wildman–Crippen LogP) is 3.46. The molecule has 0 spiro atoms. The number of nitrogens with one attached hydrogen (secondary N) is 2. The summed E-state index contributed by atoms with van der Waals surface area (Å²) < 4.78 is 11.5. The van der Waals surface area contributed by atoms with Crippen LogP contribution in [0.15, 0.2) is 33.7 Å². The van der Waals surface area contributed by atoms with Gasteiger partial charge in [-0.15, -0.1) is 24.0 Å². The van der Waals surface area contributed by atoms with Crippen molar-refractivity contribution in [3.63, 3.8) is 0 Å². The lowest BCUT2D eigenvalue weighted by molar-refractivity contribution is 0.0733. The molecule has 5 nitrogen and oxygen atoms in total. The van der Waals surface area contributed by atoms with Crippen molar-refractivity contribution in [2.45, 2.75) is 19.8 Å². The number of ether oxygens (including phenoxy) is 2. The largest absolute Gasteiger partial charge is 0.382 e. The monoisotopic (exact) mass is 527 g/mol. The van der Waals surface area contributed by atoms with Crippen molar-refractivity contribution in [2.24, 2.45) is 10.9 Å². The number of guanidine groups is 1. The van der Waals surface area contributed by atoms with E-state index in [2.05, 4.69) is 62.7 Å². The molecule has 2 N–H and O–H groups in total. The Hall–Kier alpha value is -0.380. The fourth-order valence-electron chi connectivity index (χ4n) is 2.31. The van der Waals surface area contributed by atoms with Gasteiger partial charge in [-0.05, 0) is 30.0 Å². The first-order chi connectivity index (χ1) is 11.7. The van der Waals surface area contributed by atoms with Crippen molar-refractivity contribution in [1.29, 1.82) is 0 Å². The van der Waals surface area contributed by atoms with Gasteiger partial charge >= 0.3 is 0 Å². The van der Waals surface area contributed by atoms with Crippen LogP contribution in [-0.2, 0) is 15.9 Å². The van der Waals surface area contributed by atoms with Gasteiger partial charge in [0.2, 0.25) is 0 Å². The van der Waals surface area contributed by atoms with Crippen LogP contribution < -0.4 is 10.6 Å². The number of hydrogen-bond donors (Lipinski definition) is 2. The molecular formula is C18H31BrIN3O2. The molecule has 0 aliphatic heterocycles. The first kappa shape index (κ1) is 24.6. The van der Waals surface area contributed by atoms with E-state index in [-0.39, 0.29) is 24.0 Å². The Kier molecular flexibility index (Phi) is 15.6. The molecule has 0 saturated heterocycles. The highest BCUT2D eigenvalue weighted by Crippen LogP contribution is 2.16. The first-order valence-electron chi connectivity index (χ1n) is 8.45. The molecule has 0 amide bonds. The summed E-state index contributed by atoms with van der Waals surface area (Å²) in [7, 11) is 3.46. The summed E-state index contributed by atoms with van der Waals surface area (Å²) in [5.41, 5.74) is 1.35. The van der Waals surface area contributed by atoms with Gasteiger partial charge in [0.05, 0.1) is 19.8 Å². The molecule has 0 aromatic heterocycles. The lowest BCUT2D eigenvalue weighted by Crippen LogP contribution is -2.41. The molecule has 0 bridgehead atoms. The highest BCUT2D eigenvalue weighted by molar-refractivity contribution is 14.0. The van der Waals surface area contributed by atoms with Gasteiger partial charge in [-0.25, -0.2) is 0 Å². The van der Waals surface area contributed by atoms with Crippen LogP contribution in [0, 0.1) is 5.92 Å². The van der Waals surface area contributed by atoms with Gasteiger partial charge in [0.15, 0.2) is 5.96 Å². The number of aliphatic imine (C=N–C) groups is 1. The molecule has 1 aromatic carbocycles. The second-order valence-corrected chi connectivity index (χ2v) is 6.51. The Labute approximate surface area is 177 Å². The summed E-state index contributed by atoms with van der Waals surface area (Å²) in [6.45, 7) is 5.73. The Morgan fingerprint density at radius 3 is 2.68 bits per heavy atom. The van der Waals surface area contributed by atoms with E-state index in [4.69, 9.17) is 9.47 Å². The maximum atomic E-state index is 5.43. The van der Waals surface area contributed by atoms with Crippen molar-refractivity contribution in [3.05, 3.63) is 34.3 Å². The minimum Gasteiger partial charge on any atom is -0.382 e. The molecule has 7 heteroatoms. The summed E-state index contributed by atoms with van der Waals surface area (Å²) in [4.78, 5) is 4.26. The van der Waals surface area contributed by atoms with Crippen LogP contribution >= 0.6 is 39.9 Å². The molecule has 1 rings (SSSR count). The van der Waals surface area contributed by atoms with E-state index in [1.165, 1.54) is 5.56 Å². The van der Waals surface area contributed by atoms with Crippen LogP contribution in [0.2, 0.25) is 0 Å². The summed E-state index contributed by atoms with van der Waals surface area (Å²) in [6, 6.07) is 8.51. The van der Waals surface area contributed by atoms with Crippen LogP contribution in [0.25, 0.3) is 0 Å². The Morgan fingerprint density at radius 2 is 2.04 bits per heavy atom. The summed E-state index contributed by atoms with van der Waals surface area (Å²) in [6.07, 6.45) is 2.18. The van der Waals surface area contributed by atoms with E-state index < -0.39 is 0 Å². The van der Waals surface area contributed by atoms with Crippen LogP contribution in [-0.4, -0.2) is 53.0 Å². The van der Waals surface area contributed by atoms with Gasteiger partial charge in [-0.3, -0.25) is 4.99 Å². The average molecular weight is 528 g/mol. The molecule has 0 saturated carbocycles. The third kappa shape index (κ3) is 11.8. The highest BCUT2D eigenvalue weighted by Gasteiger charge is 2.09. The van der Waals surface area contributed by atoms with Crippen LogP contribution in [0.4, 0.5) is 0 Å². The third-order valence-corrected chi connectivity index (χ3v) is 4.24. The first-order valence-corrected chi connectivity index (χ1v) is 9.24. The Balaban J connectivity index is 0.00000576. The summed E-state index contributed by atoms with van der Waals surface area (Å²) >= 11 is 3.53. The molecule has 0 aliphatic rings. The fourth-order valence-corrected chi connectivity index (χ4v) is 2.75. The number of benzene rings is 1. The predicted molar refractivity (Wildman–Crippen MR) is 119 cm³/mol. The van der Waals surface area contributed by atoms with E-state index >= 15 is 0 Å². The third-order valence-electron chi connectivity index (χ3n) is 3.74. The zero-order chi connectivity index (χ0) is 17.6. The van der Waals surface area contributed by atoms with Gasteiger partial charge in [0, 0.05) is 31.7 Å². The lowest BCUT2D eigenvalue weighted by Gasteiger charge is -2.18. The van der Waals surface area contributed by atoms with Crippen molar-refractivity contribution >= 4 is 45.9 Å². The van der Waals surface area contributed by atoms with Crippen molar-refractivity contribution < 1.29 is 9.47 Å². The topological polar surface area (TPSA) is 54.9 Å². The fraction of sp³-hybridized carbons (Fsp3) is 0.611. The molecule has 0 radical (unpaired) electrons. The highest BCUT2D eigenvalue weighted by atomic mass is 127. The Bertz CT molecular complexity index is 489. The molecule has 0 heterocycles. The molecule has 144 valence electrons. The molecule has 0 aliphatic carbocycles. The van der Waals surface area contributed by atoms with Gasteiger partial charge in [0.25, 0.3) is 0 Å². The quantitative estimate of drug-likeness (QED) is 0.200. The van der Waals surface area contributed by atoms with Gasteiger partial charge < -0.3 is 20.1 Å². The molecule has 0 fully saturated rings. The number of halogens is 2. The molecular weight excluding hydrogens is 497 g/mol. The SMILES string of the molecule is CCC(CNC(=NC)NCCOCCOC)Cc1cccc(Br)c1.I. The number of rotatable bonds is 11. The molecule has 1 aromatic rings. The lowest BCUT2D eigenvalue weighted by atomic mass is 9.97. The van der Waals surface area contributed by atoms with Gasteiger partial charge in [-0.2, -0.15) is 0 Å². The Morgan fingerprint density at radius 1 is 1.24 bits per heavy atom.